The van der Waals surface area contributed by atoms with Crippen LogP contribution < -0.4 is 0 Å². The highest BCUT2D eigenvalue weighted by atomic mass is 79.9. The van der Waals surface area contributed by atoms with Gasteiger partial charge in [-0.2, -0.15) is 0 Å². The van der Waals surface area contributed by atoms with E-state index in [1.54, 1.807) is 0 Å². The zero-order valence-corrected chi connectivity index (χ0v) is 14.4. The molecule has 20 heavy (non-hydrogen) atoms. The molecule has 1 amide bonds. The molecule has 1 fully saturated rings. The average Bonchev–Trinajstić information content (AvgIpc) is 2.73. The number of amides is 1. The summed E-state index contributed by atoms with van der Waals surface area (Å²) >= 11 is 3.48. The Morgan fingerprint density at radius 2 is 2.10 bits per heavy atom. The predicted molar refractivity (Wildman–Crippen MR) is 85.0 cm³/mol. The number of carbonyl (C=O) groups is 1. The molecular formula is C15H24BrN3O. The number of aryl methyl sites for hydroxylation is 1. The zero-order chi connectivity index (χ0) is 14.9. The molecule has 2 rings (SSSR count). The molecular weight excluding hydrogens is 318 g/mol. The molecule has 0 N–H and O–H groups in total. The Hall–Kier alpha value is -0.810. The van der Waals surface area contributed by atoms with Crippen molar-refractivity contribution in [3.63, 3.8) is 0 Å². The topological polar surface area (TPSA) is 28.5 Å². The van der Waals surface area contributed by atoms with E-state index in [1.165, 1.54) is 0 Å². The van der Waals surface area contributed by atoms with E-state index in [1.807, 2.05) is 17.2 Å². The first-order chi connectivity index (χ1) is 9.35. The molecule has 0 radical (unpaired) electrons. The number of piperazine rings is 1. The SMILES string of the molecule is CCCn1cc(Br)cc1C(=O)N1CCN(C)C(C)(C)C1. The van der Waals surface area contributed by atoms with Crippen LogP contribution in [0.25, 0.3) is 0 Å². The lowest BCUT2D eigenvalue weighted by Crippen LogP contribution is -2.59. The third-order valence-corrected chi connectivity index (χ3v) is 4.58. The summed E-state index contributed by atoms with van der Waals surface area (Å²) in [5.74, 6) is 0.144. The monoisotopic (exact) mass is 341 g/mol. The lowest BCUT2D eigenvalue weighted by atomic mass is 9.99. The van der Waals surface area contributed by atoms with Crippen molar-refractivity contribution in [3.05, 3.63) is 22.4 Å². The average molecular weight is 342 g/mol. The maximum absolute atomic E-state index is 12.8. The van der Waals surface area contributed by atoms with Crippen molar-refractivity contribution in [1.29, 1.82) is 0 Å². The van der Waals surface area contributed by atoms with Crippen LogP contribution in [0.15, 0.2) is 16.7 Å². The molecule has 1 aromatic rings. The van der Waals surface area contributed by atoms with Gasteiger partial charge in [-0.05, 0) is 49.3 Å². The molecule has 0 aromatic carbocycles. The standard InChI is InChI=1S/C15H24BrN3O/c1-5-6-18-10-12(16)9-13(18)14(20)19-8-7-17(4)15(2,3)11-19/h9-10H,5-8,11H2,1-4H3. The summed E-state index contributed by atoms with van der Waals surface area (Å²) in [6.45, 7) is 9.88. The first-order valence-electron chi connectivity index (χ1n) is 7.21. The van der Waals surface area contributed by atoms with Gasteiger partial charge in [0.15, 0.2) is 0 Å². The normalized spacial score (nSPS) is 19.4. The summed E-state index contributed by atoms with van der Waals surface area (Å²) in [5, 5.41) is 0. The number of aromatic nitrogens is 1. The molecule has 2 heterocycles. The summed E-state index contributed by atoms with van der Waals surface area (Å²) in [7, 11) is 2.12. The fraction of sp³-hybridized carbons (Fsp3) is 0.667. The van der Waals surface area contributed by atoms with E-state index in [4.69, 9.17) is 0 Å². The molecule has 1 saturated heterocycles. The van der Waals surface area contributed by atoms with Crippen LogP contribution in [0.1, 0.15) is 37.7 Å². The van der Waals surface area contributed by atoms with E-state index in [9.17, 15) is 4.79 Å². The van der Waals surface area contributed by atoms with Gasteiger partial charge < -0.3 is 9.47 Å². The molecule has 112 valence electrons. The van der Waals surface area contributed by atoms with Gasteiger partial charge >= 0.3 is 0 Å². The second-order valence-electron chi connectivity index (χ2n) is 6.20. The second kappa shape index (κ2) is 5.90. The van der Waals surface area contributed by atoms with Crippen molar-refractivity contribution in [3.8, 4) is 0 Å². The summed E-state index contributed by atoms with van der Waals surface area (Å²) in [6.07, 6.45) is 3.02. The number of hydrogen-bond acceptors (Lipinski definition) is 2. The highest BCUT2D eigenvalue weighted by Crippen LogP contribution is 2.22. The number of nitrogens with zero attached hydrogens (tertiary/aromatic N) is 3. The van der Waals surface area contributed by atoms with Crippen LogP contribution in [0.3, 0.4) is 0 Å². The maximum atomic E-state index is 12.8. The Kier molecular flexibility index (Phi) is 4.59. The molecule has 0 unspecified atom stereocenters. The summed E-state index contributed by atoms with van der Waals surface area (Å²) < 4.78 is 3.03. The first kappa shape index (κ1) is 15.6. The quantitative estimate of drug-likeness (QED) is 0.845. The lowest BCUT2D eigenvalue weighted by molar-refractivity contribution is 0.0304. The summed E-state index contributed by atoms with van der Waals surface area (Å²) in [6, 6.07) is 1.93. The minimum atomic E-state index is 0.0350. The van der Waals surface area contributed by atoms with Gasteiger partial charge in [-0.15, -0.1) is 0 Å². The fourth-order valence-electron chi connectivity index (χ4n) is 2.66. The van der Waals surface area contributed by atoms with Gasteiger partial charge in [0.2, 0.25) is 0 Å². The Labute approximate surface area is 129 Å². The minimum absolute atomic E-state index is 0.0350. The van der Waals surface area contributed by atoms with Crippen molar-refractivity contribution >= 4 is 21.8 Å². The molecule has 0 atom stereocenters. The largest absolute Gasteiger partial charge is 0.342 e. The van der Waals surface area contributed by atoms with Gasteiger partial charge in [0.05, 0.1) is 0 Å². The van der Waals surface area contributed by atoms with E-state index < -0.39 is 0 Å². The highest BCUT2D eigenvalue weighted by molar-refractivity contribution is 9.10. The number of hydrogen-bond donors (Lipinski definition) is 0. The Balaban J connectivity index is 2.19. The predicted octanol–water partition coefficient (Wildman–Crippen LogP) is 2.83. The molecule has 4 nitrogen and oxygen atoms in total. The summed E-state index contributed by atoms with van der Waals surface area (Å²) in [4.78, 5) is 17.1. The fourth-order valence-corrected chi connectivity index (χ4v) is 3.12. The first-order valence-corrected chi connectivity index (χ1v) is 8.00. The highest BCUT2D eigenvalue weighted by Gasteiger charge is 2.34. The van der Waals surface area contributed by atoms with Crippen LogP contribution >= 0.6 is 15.9 Å². The van der Waals surface area contributed by atoms with Gasteiger partial charge in [-0.3, -0.25) is 9.69 Å². The number of likely N-dealkylation sites (N-methyl/N-ethyl adjacent to an activating group) is 1. The lowest BCUT2D eigenvalue weighted by Gasteiger charge is -2.45. The molecule has 0 bridgehead atoms. The van der Waals surface area contributed by atoms with E-state index in [0.717, 1.165) is 42.8 Å². The van der Waals surface area contributed by atoms with Crippen molar-refractivity contribution in [2.75, 3.05) is 26.7 Å². The van der Waals surface area contributed by atoms with Gasteiger partial charge in [0, 0.05) is 42.4 Å². The molecule has 0 saturated carbocycles. The molecule has 5 heteroatoms. The Bertz CT molecular complexity index is 495. The van der Waals surface area contributed by atoms with Crippen LogP contribution in [-0.2, 0) is 6.54 Å². The molecule has 1 aromatic heterocycles. The van der Waals surface area contributed by atoms with E-state index in [-0.39, 0.29) is 11.4 Å². The van der Waals surface area contributed by atoms with Crippen LogP contribution in [0, 0.1) is 0 Å². The van der Waals surface area contributed by atoms with Crippen molar-refractivity contribution in [2.24, 2.45) is 0 Å². The van der Waals surface area contributed by atoms with Crippen LogP contribution in [0.2, 0.25) is 0 Å². The van der Waals surface area contributed by atoms with Crippen LogP contribution in [-0.4, -0.2) is 52.5 Å². The van der Waals surface area contributed by atoms with Crippen molar-refractivity contribution in [1.82, 2.24) is 14.4 Å². The molecule has 0 aliphatic carbocycles. The van der Waals surface area contributed by atoms with Gasteiger partial charge in [-0.25, -0.2) is 0 Å². The second-order valence-corrected chi connectivity index (χ2v) is 7.11. The number of rotatable bonds is 3. The summed E-state index contributed by atoms with van der Waals surface area (Å²) in [5.41, 5.74) is 0.826. The Morgan fingerprint density at radius 3 is 2.70 bits per heavy atom. The smallest absolute Gasteiger partial charge is 0.270 e. The van der Waals surface area contributed by atoms with Gasteiger partial charge in [0.1, 0.15) is 5.69 Å². The third kappa shape index (κ3) is 3.09. The van der Waals surface area contributed by atoms with Crippen molar-refractivity contribution < 1.29 is 4.79 Å². The number of carbonyl (C=O) groups excluding carboxylic acids is 1. The van der Waals surface area contributed by atoms with Crippen molar-refractivity contribution in [2.45, 2.75) is 39.3 Å². The van der Waals surface area contributed by atoms with E-state index in [2.05, 4.69) is 53.2 Å². The zero-order valence-electron chi connectivity index (χ0n) is 12.8. The molecule has 0 spiro atoms. The third-order valence-electron chi connectivity index (χ3n) is 4.15. The molecule has 1 aliphatic rings. The van der Waals surface area contributed by atoms with E-state index >= 15 is 0 Å². The van der Waals surface area contributed by atoms with Crippen LogP contribution in [0.4, 0.5) is 0 Å². The maximum Gasteiger partial charge on any atom is 0.270 e. The Morgan fingerprint density at radius 1 is 1.40 bits per heavy atom. The van der Waals surface area contributed by atoms with Gasteiger partial charge in [0.25, 0.3) is 5.91 Å². The molecule has 1 aliphatic heterocycles. The number of halogens is 1. The van der Waals surface area contributed by atoms with E-state index in [0.29, 0.717) is 0 Å². The minimum Gasteiger partial charge on any atom is -0.342 e. The van der Waals surface area contributed by atoms with Gasteiger partial charge in [-0.1, -0.05) is 6.92 Å². The van der Waals surface area contributed by atoms with Crippen LogP contribution in [0.5, 0.6) is 0 Å².